The molecule has 0 aliphatic carbocycles. The van der Waals surface area contributed by atoms with E-state index in [1.54, 1.807) is 25.1 Å². The molecule has 0 spiro atoms. The lowest BCUT2D eigenvalue weighted by Crippen LogP contribution is -2.31. The molecular weight excluding hydrogens is 287 g/mol. The van der Waals surface area contributed by atoms with Crippen molar-refractivity contribution in [2.24, 2.45) is 5.73 Å². The Balaban J connectivity index is 2.05. The Morgan fingerprint density at radius 3 is 2.41 bits per heavy atom. The van der Waals surface area contributed by atoms with Crippen LogP contribution in [0.5, 0.6) is 5.75 Å². The molecule has 0 heterocycles. The van der Waals surface area contributed by atoms with Crippen molar-refractivity contribution in [1.29, 1.82) is 0 Å². The lowest BCUT2D eigenvalue weighted by molar-refractivity contribution is -0.122. The number of primary amides is 1. The Morgan fingerprint density at radius 1 is 1.14 bits per heavy atom. The SMILES string of the molecule is C[C@H](Oc1ccc(F)cc1)C(=O)Nc1ccccc1C(N)=O. The molecule has 1 atom stereocenters. The van der Waals surface area contributed by atoms with Crippen molar-refractivity contribution in [2.45, 2.75) is 13.0 Å². The van der Waals surface area contributed by atoms with Crippen LogP contribution >= 0.6 is 0 Å². The van der Waals surface area contributed by atoms with E-state index < -0.39 is 17.9 Å². The molecule has 0 aromatic heterocycles. The average molecular weight is 302 g/mol. The van der Waals surface area contributed by atoms with Crippen molar-refractivity contribution in [3.63, 3.8) is 0 Å². The van der Waals surface area contributed by atoms with Crippen LogP contribution in [0, 0.1) is 5.82 Å². The summed E-state index contributed by atoms with van der Waals surface area (Å²) in [6, 6.07) is 11.7. The number of amides is 2. The van der Waals surface area contributed by atoms with Gasteiger partial charge in [0.25, 0.3) is 11.8 Å². The number of benzene rings is 2. The van der Waals surface area contributed by atoms with Crippen LogP contribution in [0.4, 0.5) is 10.1 Å². The molecule has 3 N–H and O–H groups in total. The number of halogens is 1. The van der Waals surface area contributed by atoms with Gasteiger partial charge in [-0.3, -0.25) is 9.59 Å². The number of hydrogen-bond acceptors (Lipinski definition) is 3. The molecule has 0 fully saturated rings. The lowest BCUT2D eigenvalue weighted by Gasteiger charge is -2.15. The predicted octanol–water partition coefficient (Wildman–Crippen LogP) is 2.33. The number of para-hydroxylation sites is 1. The third-order valence-corrected chi connectivity index (χ3v) is 2.95. The lowest BCUT2D eigenvalue weighted by atomic mass is 10.1. The highest BCUT2D eigenvalue weighted by atomic mass is 19.1. The highest BCUT2D eigenvalue weighted by Gasteiger charge is 2.17. The largest absolute Gasteiger partial charge is 0.481 e. The zero-order valence-corrected chi connectivity index (χ0v) is 11.9. The van der Waals surface area contributed by atoms with Gasteiger partial charge in [-0.1, -0.05) is 12.1 Å². The van der Waals surface area contributed by atoms with Gasteiger partial charge in [-0.2, -0.15) is 0 Å². The second-order valence-electron chi connectivity index (χ2n) is 4.61. The molecule has 2 rings (SSSR count). The Morgan fingerprint density at radius 2 is 1.77 bits per heavy atom. The van der Waals surface area contributed by atoms with E-state index in [2.05, 4.69) is 5.32 Å². The predicted molar refractivity (Wildman–Crippen MR) is 80.1 cm³/mol. The fourth-order valence-electron chi connectivity index (χ4n) is 1.81. The van der Waals surface area contributed by atoms with E-state index in [0.29, 0.717) is 11.4 Å². The van der Waals surface area contributed by atoms with Gasteiger partial charge in [0, 0.05) is 0 Å². The highest BCUT2D eigenvalue weighted by molar-refractivity contribution is 6.03. The fraction of sp³-hybridized carbons (Fsp3) is 0.125. The number of ether oxygens (including phenoxy) is 1. The zero-order chi connectivity index (χ0) is 16.1. The first-order chi connectivity index (χ1) is 10.5. The highest BCUT2D eigenvalue weighted by Crippen LogP contribution is 2.17. The van der Waals surface area contributed by atoms with Gasteiger partial charge in [0.2, 0.25) is 0 Å². The molecule has 0 saturated carbocycles. The van der Waals surface area contributed by atoms with Gasteiger partial charge >= 0.3 is 0 Å². The molecule has 2 aromatic carbocycles. The third kappa shape index (κ3) is 3.82. The summed E-state index contributed by atoms with van der Waals surface area (Å²) < 4.78 is 18.2. The quantitative estimate of drug-likeness (QED) is 0.889. The summed E-state index contributed by atoms with van der Waals surface area (Å²) in [5.74, 6) is -1.10. The Bertz CT molecular complexity index is 686. The van der Waals surface area contributed by atoms with Gasteiger partial charge in [0.05, 0.1) is 11.3 Å². The van der Waals surface area contributed by atoms with E-state index in [0.717, 1.165) is 0 Å². The summed E-state index contributed by atoms with van der Waals surface area (Å²) in [6.07, 6.45) is -0.827. The van der Waals surface area contributed by atoms with E-state index >= 15 is 0 Å². The summed E-state index contributed by atoms with van der Waals surface area (Å²) in [5.41, 5.74) is 5.77. The van der Waals surface area contributed by atoms with Gasteiger partial charge in [-0.15, -0.1) is 0 Å². The van der Waals surface area contributed by atoms with Crippen LogP contribution < -0.4 is 15.8 Å². The van der Waals surface area contributed by atoms with Crippen LogP contribution in [-0.4, -0.2) is 17.9 Å². The van der Waals surface area contributed by atoms with Gasteiger partial charge in [0.1, 0.15) is 11.6 Å². The summed E-state index contributed by atoms with van der Waals surface area (Å²) in [5, 5.41) is 2.58. The number of rotatable bonds is 5. The molecule has 0 saturated heterocycles. The second-order valence-corrected chi connectivity index (χ2v) is 4.61. The van der Waals surface area contributed by atoms with Gasteiger partial charge in [-0.25, -0.2) is 4.39 Å². The van der Waals surface area contributed by atoms with Gasteiger partial charge < -0.3 is 15.8 Å². The molecule has 2 aromatic rings. The smallest absolute Gasteiger partial charge is 0.265 e. The fourth-order valence-corrected chi connectivity index (χ4v) is 1.81. The Labute approximate surface area is 126 Å². The van der Waals surface area contributed by atoms with Crippen LogP contribution in [0.1, 0.15) is 17.3 Å². The van der Waals surface area contributed by atoms with E-state index in [-0.39, 0.29) is 11.4 Å². The van der Waals surface area contributed by atoms with E-state index in [4.69, 9.17) is 10.5 Å². The third-order valence-electron chi connectivity index (χ3n) is 2.95. The van der Waals surface area contributed by atoms with Crippen LogP contribution in [0.2, 0.25) is 0 Å². The second kappa shape index (κ2) is 6.71. The number of carbonyl (C=O) groups is 2. The first-order valence-corrected chi connectivity index (χ1v) is 6.59. The molecule has 0 aliphatic heterocycles. The standard InChI is InChI=1S/C16H15FN2O3/c1-10(22-12-8-6-11(17)7-9-12)16(21)19-14-5-3-2-4-13(14)15(18)20/h2-10H,1H3,(H2,18,20)(H,19,21)/t10-/m0/s1. The van der Waals surface area contributed by atoms with Crippen molar-refractivity contribution >= 4 is 17.5 Å². The van der Waals surface area contributed by atoms with Crippen molar-refractivity contribution in [3.05, 3.63) is 59.9 Å². The zero-order valence-electron chi connectivity index (χ0n) is 11.9. The van der Waals surface area contributed by atoms with E-state index in [9.17, 15) is 14.0 Å². The average Bonchev–Trinajstić information content (AvgIpc) is 2.49. The molecule has 2 amide bonds. The summed E-state index contributed by atoms with van der Waals surface area (Å²) >= 11 is 0. The van der Waals surface area contributed by atoms with Crippen LogP contribution in [0.15, 0.2) is 48.5 Å². The minimum absolute atomic E-state index is 0.213. The first-order valence-electron chi connectivity index (χ1n) is 6.59. The normalized spacial score (nSPS) is 11.5. The van der Waals surface area contributed by atoms with Crippen LogP contribution in [-0.2, 0) is 4.79 Å². The molecule has 0 bridgehead atoms. The summed E-state index contributed by atoms with van der Waals surface area (Å²) in [7, 11) is 0. The number of hydrogen-bond donors (Lipinski definition) is 2. The van der Waals surface area contributed by atoms with Crippen molar-refractivity contribution < 1.29 is 18.7 Å². The number of nitrogens with one attached hydrogen (secondary N) is 1. The molecule has 5 nitrogen and oxygen atoms in total. The number of nitrogens with two attached hydrogens (primary N) is 1. The Kier molecular flexibility index (Phi) is 4.73. The monoisotopic (exact) mass is 302 g/mol. The summed E-state index contributed by atoms with van der Waals surface area (Å²) in [6.45, 7) is 1.55. The molecular formula is C16H15FN2O3. The minimum Gasteiger partial charge on any atom is -0.481 e. The molecule has 6 heteroatoms. The molecule has 22 heavy (non-hydrogen) atoms. The van der Waals surface area contributed by atoms with Crippen molar-refractivity contribution in [3.8, 4) is 5.75 Å². The van der Waals surface area contributed by atoms with Crippen LogP contribution in [0.3, 0.4) is 0 Å². The Hall–Kier alpha value is -2.89. The minimum atomic E-state index is -0.827. The first kappa shape index (κ1) is 15.5. The topological polar surface area (TPSA) is 81.4 Å². The maximum Gasteiger partial charge on any atom is 0.265 e. The number of carbonyl (C=O) groups excluding carboxylic acids is 2. The maximum atomic E-state index is 12.8. The molecule has 0 aliphatic rings. The van der Waals surface area contributed by atoms with Crippen LogP contribution in [0.25, 0.3) is 0 Å². The maximum absolute atomic E-state index is 12.8. The van der Waals surface area contributed by atoms with E-state index in [1.807, 2.05) is 0 Å². The molecule has 0 radical (unpaired) electrons. The van der Waals surface area contributed by atoms with E-state index in [1.165, 1.54) is 30.3 Å². The van der Waals surface area contributed by atoms with Gasteiger partial charge in [-0.05, 0) is 43.3 Å². The summed E-state index contributed by atoms with van der Waals surface area (Å²) in [4.78, 5) is 23.4. The molecule has 114 valence electrons. The van der Waals surface area contributed by atoms with Crippen molar-refractivity contribution in [2.75, 3.05) is 5.32 Å². The number of anilines is 1. The van der Waals surface area contributed by atoms with Crippen molar-refractivity contribution in [1.82, 2.24) is 0 Å². The van der Waals surface area contributed by atoms with Gasteiger partial charge in [0.15, 0.2) is 6.10 Å². The molecule has 0 unspecified atom stereocenters.